The number of rotatable bonds is 2. The van der Waals surface area contributed by atoms with Crippen molar-refractivity contribution in [2.24, 2.45) is 0 Å². The van der Waals surface area contributed by atoms with Crippen LogP contribution in [0.2, 0.25) is 0 Å². The van der Waals surface area contributed by atoms with Crippen molar-refractivity contribution in [2.45, 2.75) is 57.8 Å². The Morgan fingerprint density at radius 2 is 1.93 bits per heavy atom. The van der Waals surface area contributed by atoms with Crippen LogP contribution in [-0.4, -0.2) is 43.7 Å². The molecule has 0 atom stereocenters. The second-order valence-electron chi connectivity index (χ2n) is 7.76. The molecule has 2 aromatic heterocycles. The van der Waals surface area contributed by atoms with E-state index in [1.165, 1.54) is 23.1 Å². The first kappa shape index (κ1) is 19.8. The largest absolute Gasteiger partial charge is 0.443 e. The van der Waals surface area contributed by atoms with Crippen molar-refractivity contribution in [1.29, 1.82) is 0 Å². The van der Waals surface area contributed by atoms with Gasteiger partial charge in [0.2, 0.25) is 0 Å². The number of thioether (sulfide) groups is 1. The molecule has 2 amide bonds. The van der Waals surface area contributed by atoms with E-state index in [9.17, 15) is 9.59 Å². The van der Waals surface area contributed by atoms with Gasteiger partial charge in [-0.1, -0.05) is 11.8 Å². The van der Waals surface area contributed by atoms with E-state index in [0.29, 0.717) is 15.9 Å². The molecule has 3 rings (SSSR count). The number of aromatic nitrogens is 3. The van der Waals surface area contributed by atoms with Crippen molar-refractivity contribution >= 4 is 35.1 Å². The van der Waals surface area contributed by atoms with Gasteiger partial charge in [0.05, 0.1) is 10.4 Å². The van der Waals surface area contributed by atoms with Gasteiger partial charge in [-0.15, -0.1) is 11.3 Å². The summed E-state index contributed by atoms with van der Waals surface area (Å²) in [5, 5.41) is 1.30. The molecule has 0 N–H and O–H groups in total. The highest BCUT2D eigenvalue weighted by molar-refractivity contribution is 7.98. The minimum atomic E-state index is -0.839. The Labute approximate surface area is 166 Å². The number of ether oxygens (including phenoxy) is 1. The topological polar surface area (TPSA) is 85.3 Å². The Balaban J connectivity index is 2.02. The summed E-state index contributed by atoms with van der Waals surface area (Å²) >= 11 is 2.82. The van der Waals surface area contributed by atoms with Gasteiger partial charge in [0, 0.05) is 6.20 Å². The van der Waals surface area contributed by atoms with Crippen LogP contribution in [0, 0.1) is 6.92 Å². The van der Waals surface area contributed by atoms with Gasteiger partial charge in [0.1, 0.15) is 22.0 Å². The van der Waals surface area contributed by atoms with Crippen LogP contribution in [0.3, 0.4) is 0 Å². The molecular formula is C18H22N4O3S2. The molecule has 0 radical (unpaired) electrons. The molecule has 2 aromatic rings. The Hall–Kier alpha value is -2.00. The first-order chi connectivity index (χ1) is 12.5. The molecular weight excluding hydrogens is 384 g/mol. The Morgan fingerprint density at radius 1 is 1.26 bits per heavy atom. The number of amides is 2. The third kappa shape index (κ3) is 3.45. The summed E-state index contributed by atoms with van der Waals surface area (Å²) in [6.45, 7) is 10.9. The average molecular weight is 407 g/mol. The molecule has 0 unspecified atom stereocenters. The van der Waals surface area contributed by atoms with Gasteiger partial charge in [-0.3, -0.25) is 4.79 Å². The van der Waals surface area contributed by atoms with Crippen LogP contribution in [0.15, 0.2) is 11.4 Å². The van der Waals surface area contributed by atoms with E-state index in [2.05, 4.69) is 15.0 Å². The zero-order valence-electron chi connectivity index (χ0n) is 16.4. The van der Waals surface area contributed by atoms with Crippen molar-refractivity contribution < 1.29 is 14.3 Å². The van der Waals surface area contributed by atoms with E-state index in [1.54, 1.807) is 27.0 Å². The summed E-state index contributed by atoms with van der Waals surface area (Å²) in [6, 6.07) is 0. The average Bonchev–Trinajstić information content (AvgIpc) is 3.05. The molecule has 0 bridgehead atoms. The SMILES string of the molecule is CSc1ncc(C)c(-c2nc3c(s2)C(C)(C)N(C(=O)OC(C)(C)C)C3=O)n1. The monoisotopic (exact) mass is 406 g/mol. The summed E-state index contributed by atoms with van der Waals surface area (Å²) in [5.41, 5.74) is 0.354. The van der Waals surface area contributed by atoms with Crippen LogP contribution < -0.4 is 0 Å². The summed E-state index contributed by atoms with van der Waals surface area (Å²) in [5.74, 6) is -0.441. The normalized spacial score (nSPS) is 15.8. The van der Waals surface area contributed by atoms with E-state index < -0.39 is 23.1 Å². The Kier molecular flexibility index (Phi) is 4.80. The van der Waals surface area contributed by atoms with Gasteiger partial charge < -0.3 is 4.74 Å². The predicted octanol–water partition coefficient (Wildman–Crippen LogP) is 4.26. The van der Waals surface area contributed by atoms with Gasteiger partial charge in [-0.25, -0.2) is 24.6 Å². The van der Waals surface area contributed by atoms with Crippen molar-refractivity contribution in [3.8, 4) is 10.7 Å². The van der Waals surface area contributed by atoms with Crippen molar-refractivity contribution in [3.05, 3.63) is 22.3 Å². The molecule has 0 saturated heterocycles. The molecule has 0 fully saturated rings. The molecule has 1 aliphatic heterocycles. The molecule has 144 valence electrons. The molecule has 3 heterocycles. The summed E-state index contributed by atoms with van der Waals surface area (Å²) in [7, 11) is 0. The second-order valence-corrected chi connectivity index (χ2v) is 9.54. The maximum Gasteiger partial charge on any atom is 0.418 e. The highest BCUT2D eigenvalue weighted by atomic mass is 32.2. The lowest BCUT2D eigenvalue weighted by molar-refractivity contribution is 0.00959. The molecule has 27 heavy (non-hydrogen) atoms. The molecule has 0 aromatic carbocycles. The lowest BCUT2D eigenvalue weighted by Crippen LogP contribution is -2.46. The zero-order valence-corrected chi connectivity index (χ0v) is 18.0. The smallest absolute Gasteiger partial charge is 0.418 e. The number of aryl methyl sites for hydroxylation is 1. The molecule has 0 saturated carbocycles. The third-order valence-electron chi connectivity index (χ3n) is 4.06. The number of carbonyl (C=O) groups is 2. The summed E-state index contributed by atoms with van der Waals surface area (Å²) in [4.78, 5) is 40.7. The van der Waals surface area contributed by atoms with Crippen LogP contribution in [-0.2, 0) is 10.3 Å². The van der Waals surface area contributed by atoms with Gasteiger partial charge in [0.25, 0.3) is 5.91 Å². The molecule has 9 heteroatoms. The number of carbonyl (C=O) groups excluding carboxylic acids is 2. The number of imide groups is 1. The van der Waals surface area contributed by atoms with Gasteiger partial charge in [0.15, 0.2) is 5.16 Å². The van der Waals surface area contributed by atoms with Crippen molar-refractivity contribution in [3.63, 3.8) is 0 Å². The number of thiazole rings is 1. The van der Waals surface area contributed by atoms with Gasteiger partial charge in [-0.05, 0) is 53.4 Å². The lowest BCUT2D eigenvalue weighted by Gasteiger charge is -2.31. The number of hydrogen-bond acceptors (Lipinski definition) is 8. The van der Waals surface area contributed by atoms with Gasteiger partial charge >= 0.3 is 6.09 Å². The summed E-state index contributed by atoms with van der Waals surface area (Å²) in [6.07, 6.45) is 2.99. The quantitative estimate of drug-likeness (QED) is 0.544. The van der Waals surface area contributed by atoms with E-state index in [-0.39, 0.29) is 5.69 Å². The van der Waals surface area contributed by atoms with Crippen molar-refractivity contribution in [1.82, 2.24) is 19.9 Å². The standard InChI is InChI=1S/C18H22N4O3S2/c1-9-8-19-15(26-7)21-10(9)13-20-11-12(27-13)18(5,6)22(14(11)23)16(24)25-17(2,3)4/h8H,1-7H3. The minimum Gasteiger partial charge on any atom is -0.443 e. The van der Waals surface area contributed by atoms with Crippen LogP contribution in [0.4, 0.5) is 4.79 Å². The first-order valence-corrected chi connectivity index (χ1v) is 10.5. The van der Waals surface area contributed by atoms with E-state index in [0.717, 1.165) is 15.3 Å². The molecule has 1 aliphatic rings. The lowest BCUT2D eigenvalue weighted by atomic mass is 10.1. The van der Waals surface area contributed by atoms with Crippen molar-refractivity contribution in [2.75, 3.05) is 6.26 Å². The highest BCUT2D eigenvalue weighted by Crippen LogP contribution is 2.45. The molecule has 7 nitrogen and oxygen atoms in total. The number of hydrogen-bond donors (Lipinski definition) is 0. The maximum atomic E-state index is 12.9. The molecule has 0 aliphatic carbocycles. The van der Waals surface area contributed by atoms with Crippen LogP contribution in [0.5, 0.6) is 0 Å². The zero-order chi connectivity index (χ0) is 20.1. The fraction of sp³-hybridized carbons (Fsp3) is 0.500. The maximum absolute atomic E-state index is 12.9. The minimum absolute atomic E-state index is 0.287. The Bertz CT molecular complexity index is 931. The number of nitrogens with zero attached hydrogens (tertiary/aromatic N) is 4. The van der Waals surface area contributed by atoms with E-state index in [1.807, 2.05) is 27.0 Å². The predicted molar refractivity (Wildman–Crippen MR) is 105 cm³/mol. The molecule has 0 spiro atoms. The second kappa shape index (κ2) is 6.56. The van der Waals surface area contributed by atoms with E-state index in [4.69, 9.17) is 4.74 Å². The van der Waals surface area contributed by atoms with Crippen LogP contribution >= 0.6 is 23.1 Å². The first-order valence-electron chi connectivity index (χ1n) is 8.42. The van der Waals surface area contributed by atoms with Crippen LogP contribution in [0.25, 0.3) is 10.7 Å². The fourth-order valence-corrected chi connectivity index (χ4v) is 4.35. The Morgan fingerprint density at radius 3 is 2.48 bits per heavy atom. The third-order valence-corrected chi connectivity index (χ3v) is 6.00. The highest BCUT2D eigenvalue weighted by Gasteiger charge is 2.51. The van der Waals surface area contributed by atoms with Gasteiger partial charge in [-0.2, -0.15) is 0 Å². The number of fused-ring (bicyclic) bond motifs is 1. The fourth-order valence-electron chi connectivity index (χ4n) is 2.80. The summed E-state index contributed by atoms with van der Waals surface area (Å²) < 4.78 is 5.41. The van der Waals surface area contributed by atoms with Crippen LogP contribution in [0.1, 0.15) is 55.5 Å². The van der Waals surface area contributed by atoms with E-state index >= 15 is 0 Å².